The van der Waals surface area contributed by atoms with Gasteiger partial charge < -0.3 is 23.9 Å². The van der Waals surface area contributed by atoms with Crippen molar-refractivity contribution in [2.24, 2.45) is 0 Å². The summed E-state index contributed by atoms with van der Waals surface area (Å²) in [6.45, 7) is 3.67. The third-order valence-corrected chi connectivity index (χ3v) is 7.91. The van der Waals surface area contributed by atoms with E-state index in [4.69, 9.17) is 14.2 Å². The van der Waals surface area contributed by atoms with Crippen molar-refractivity contribution in [2.45, 2.75) is 53.1 Å². The smallest absolute Gasteiger partial charge is 0.161 e. The highest BCUT2D eigenvalue weighted by Crippen LogP contribution is 2.45. The van der Waals surface area contributed by atoms with Crippen molar-refractivity contribution in [1.29, 1.82) is 0 Å². The third-order valence-electron chi connectivity index (χ3n) is 7.91. The van der Waals surface area contributed by atoms with Crippen LogP contribution in [0.5, 0.6) is 17.2 Å². The molecule has 6 rings (SSSR count). The van der Waals surface area contributed by atoms with Crippen LogP contribution in [-0.2, 0) is 32.7 Å². The van der Waals surface area contributed by atoms with E-state index in [2.05, 4.69) is 23.1 Å². The van der Waals surface area contributed by atoms with Crippen molar-refractivity contribution in [3.8, 4) is 17.2 Å². The van der Waals surface area contributed by atoms with Gasteiger partial charge in [-0.3, -0.25) is 4.90 Å². The van der Waals surface area contributed by atoms with Gasteiger partial charge >= 0.3 is 0 Å². The number of aliphatic hydroxyl groups excluding tert-OH is 1. The minimum Gasteiger partial charge on any atom is -0.497 e. The molecule has 4 aromatic rings. The molecule has 1 unspecified atom stereocenters. The largest absolute Gasteiger partial charge is 0.497 e. The van der Waals surface area contributed by atoms with Gasteiger partial charge in [0.2, 0.25) is 0 Å². The van der Waals surface area contributed by atoms with Crippen LogP contribution in [0.3, 0.4) is 0 Å². The standard InChI is InChI=1S/C30H31FN2O4.CH4/c1-18-4-5-19(10-25(18)31)16-37-30-11-20-8-9-32-15-28-24(13-27(32)22(20)14-29(30)36-3)23-12-21(35-2)6-7-26(23)33(28)17-34;/h4-7,10-12,14,27,34H,8-9,13,15-17H2,1-3H3;1H4. The minimum atomic E-state index is -0.226. The number of rotatable bonds is 6. The fraction of sp³-hybridized carbons (Fsp3) is 0.355. The zero-order chi connectivity index (χ0) is 25.7. The Bertz CT molecular complexity index is 1500. The minimum absolute atomic E-state index is 0. The molecule has 0 bridgehead atoms. The molecular formula is C31H35FN2O4. The van der Waals surface area contributed by atoms with Crippen molar-refractivity contribution in [2.75, 3.05) is 20.8 Å². The van der Waals surface area contributed by atoms with E-state index in [9.17, 15) is 9.50 Å². The molecule has 0 radical (unpaired) electrons. The Hall–Kier alpha value is -3.55. The first-order valence-corrected chi connectivity index (χ1v) is 12.6. The fourth-order valence-corrected chi connectivity index (χ4v) is 5.89. The molecule has 6 nitrogen and oxygen atoms in total. The second-order valence-electron chi connectivity index (χ2n) is 9.89. The number of halogens is 1. The molecule has 1 atom stereocenters. The molecule has 0 fully saturated rings. The molecule has 3 heterocycles. The zero-order valence-corrected chi connectivity index (χ0v) is 21.4. The third kappa shape index (κ3) is 4.29. The van der Waals surface area contributed by atoms with Gasteiger partial charge in [0.1, 0.15) is 24.9 Å². The number of hydrogen-bond acceptors (Lipinski definition) is 5. The Morgan fingerprint density at radius 3 is 2.61 bits per heavy atom. The molecule has 200 valence electrons. The van der Waals surface area contributed by atoms with Crippen LogP contribution in [0.4, 0.5) is 4.39 Å². The predicted molar refractivity (Wildman–Crippen MR) is 146 cm³/mol. The molecular weight excluding hydrogens is 483 g/mol. The normalized spacial score (nSPS) is 16.3. The molecule has 1 N–H and O–H groups in total. The lowest BCUT2D eigenvalue weighted by Crippen LogP contribution is -2.39. The fourth-order valence-electron chi connectivity index (χ4n) is 5.89. The SMILES string of the molecule is C.COc1ccc2c(c1)c1c(n2CO)CN2CCc3cc(OCc4ccc(C)c(F)c4)c(OC)cc3C2C1. The maximum Gasteiger partial charge on any atom is 0.161 e. The number of ether oxygens (including phenoxy) is 3. The summed E-state index contributed by atoms with van der Waals surface area (Å²) in [5.74, 6) is 1.94. The molecule has 0 saturated heterocycles. The van der Waals surface area contributed by atoms with E-state index in [-0.39, 0.29) is 32.6 Å². The van der Waals surface area contributed by atoms with Crippen molar-refractivity contribution in [3.63, 3.8) is 0 Å². The molecule has 0 spiro atoms. The number of benzene rings is 3. The van der Waals surface area contributed by atoms with E-state index in [0.717, 1.165) is 48.1 Å². The monoisotopic (exact) mass is 518 g/mol. The summed E-state index contributed by atoms with van der Waals surface area (Å²) >= 11 is 0. The van der Waals surface area contributed by atoms with Gasteiger partial charge in [-0.1, -0.05) is 19.6 Å². The van der Waals surface area contributed by atoms with Gasteiger partial charge in [-0.05, 0) is 84.0 Å². The summed E-state index contributed by atoms with van der Waals surface area (Å²) in [5, 5.41) is 11.3. The van der Waals surface area contributed by atoms with E-state index in [1.807, 2.05) is 22.8 Å². The molecule has 0 saturated carbocycles. The Morgan fingerprint density at radius 1 is 1.03 bits per heavy atom. The summed E-state index contributed by atoms with van der Waals surface area (Å²) in [6, 6.07) is 15.6. The molecule has 2 aliphatic rings. The van der Waals surface area contributed by atoms with Crippen molar-refractivity contribution >= 4 is 10.9 Å². The number of aryl methyl sites for hydroxylation is 1. The lowest BCUT2D eigenvalue weighted by atomic mass is 9.85. The van der Waals surface area contributed by atoms with Crippen molar-refractivity contribution in [3.05, 3.63) is 87.9 Å². The van der Waals surface area contributed by atoms with Crippen LogP contribution < -0.4 is 14.2 Å². The lowest BCUT2D eigenvalue weighted by molar-refractivity contribution is 0.145. The molecule has 1 aromatic heterocycles. The van der Waals surface area contributed by atoms with E-state index in [1.165, 1.54) is 28.5 Å². The van der Waals surface area contributed by atoms with E-state index in [0.29, 0.717) is 17.1 Å². The van der Waals surface area contributed by atoms with E-state index in [1.54, 1.807) is 27.2 Å². The zero-order valence-electron chi connectivity index (χ0n) is 21.4. The Labute approximate surface area is 223 Å². The van der Waals surface area contributed by atoms with Gasteiger partial charge in [-0.25, -0.2) is 4.39 Å². The highest BCUT2D eigenvalue weighted by Gasteiger charge is 2.36. The second kappa shape index (κ2) is 10.3. The quantitative estimate of drug-likeness (QED) is 0.343. The van der Waals surface area contributed by atoms with Crippen LogP contribution in [0.1, 0.15) is 47.0 Å². The highest BCUT2D eigenvalue weighted by molar-refractivity contribution is 5.87. The first-order chi connectivity index (χ1) is 18.0. The Balaban J connectivity index is 0.00000294. The number of fused-ring (bicyclic) bond motifs is 6. The average molecular weight is 519 g/mol. The maximum atomic E-state index is 14.0. The average Bonchev–Trinajstić information content (AvgIpc) is 3.23. The van der Waals surface area contributed by atoms with Gasteiger partial charge in [0, 0.05) is 30.2 Å². The van der Waals surface area contributed by atoms with Gasteiger partial charge in [-0.2, -0.15) is 0 Å². The first kappa shape index (κ1) is 26.1. The molecule has 3 aromatic carbocycles. The second-order valence-corrected chi connectivity index (χ2v) is 9.89. The van der Waals surface area contributed by atoms with Gasteiger partial charge in [0.05, 0.1) is 19.7 Å². The van der Waals surface area contributed by atoms with Crippen LogP contribution in [0.25, 0.3) is 10.9 Å². The van der Waals surface area contributed by atoms with Gasteiger partial charge in [0.25, 0.3) is 0 Å². The molecule has 0 amide bonds. The molecule has 0 aliphatic carbocycles. The number of aromatic nitrogens is 1. The summed E-state index contributed by atoms with van der Waals surface area (Å²) in [5.41, 5.74) is 7.36. The van der Waals surface area contributed by atoms with Gasteiger partial charge in [0.15, 0.2) is 11.5 Å². The summed E-state index contributed by atoms with van der Waals surface area (Å²) in [6.07, 6.45) is 1.73. The lowest BCUT2D eigenvalue weighted by Gasteiger charge is -2.41. The van der Waals surface area contributed by atoms with Crippen molar-refractivity contribution < 1.29 is 23.7 Å². The van der Waals surface area contributed by atoms with E-state index < -0.39 is 0 Å². The molecule has 7 heteroatoms. The number of methoxy groups -OCH3 is 2. The highest BCUT2D eigenvalue weighted by atomic mass is 19.1. The topological polar surface area (TPSA) is 56.1 Å². The molecule has 2 aliphatic heterocycles. The summed E-state index contributed by atoms with van der Waals surface area (Å²) in [4.78, 5) is 2.49. The van der Waals surface area contributed by atoms with E-state index >= 15 is 0 Å². The maximum absolute atomic E-state index is 14.0. The number of nitrogens with zero attached hydrogens (tertiary/aromatic N) is 2. The van der Waals surface area contributed by atoms with Crippen molar-refractivity contribution in [1.82, 2.24) is 9.47 Å². The Morgan fingerprint density at radius 2 is 1.87 bits per heavy atom. The number of aliphatic hydroxyl groups is 1. The first-order valence-electron chi connectivity index (χ1n) is 12.6. The van der Waals surface area contributed by atoms with Crippen LogP contribution in [-0.4, -0.2) is 35.3 Å². The molecule has 38 heavy (non-hydrogen) atoms. The Kier molecular flexibility index (Phi) is 7.07. The predicted octanol–water partition coefficient (Wildman–Crippen LogP) is 5.93. The number of hydrogen-bond donors (Lipinski definition) is 1. The summed E-state index contributed by atoms with van der Waals surface area (Å²) < 4.78 is 33.4. The van der Waals surface area contributed by atoms with Gasteiger partial charge in [-0.15, -0.1) is 0 Å². The van der Waals surface area contributed by atoms with Crippen LogP contribution >= 0.6 is 0 Å². The van der Waals surface area contributed by atoms with Crippen LogP contribution in [0.2, 0.25) is 0 Å². The van der Waals surface area contributed by atoms with Crippen LogP contribution in [0, 0.1) is 12.7 Å². The summed E-state index contributed by atoms with van der Waals surface area (Å²) in [7, 11) is 3.33. The van der Waals surface area contributed by atoms with Crippen LogP contribution in [0.15, 0.2) is 48.5 Å².